The van der Waals surface area contributed by atoms with Crippen molar-refractivity contribution in [3.8, 4) is 0 Å². The van der Waals surface area contributed by atoms with E-state index >= 15 is 4.39 Å². The molecule has 2 saturated heterocycles. The van der Waals surface area contributed by atoms with Crippen LogP contribution >= 0.6 is 22.9 Å². The minimum absolute atomic E-state index is 0.000382. The number of hydrogen-bond donors (Lipinski definition) is 1. The average molecular weight is 611 g/mol. The number of carboxylic acid groups (broad SMARTS) is 1. The fraction of sp³-hybridized carbons (Fsp3) is 0.444. The Balaban J connectivity index is 1.29. The monoisotopic (exact) mass is 610 g/mol. The third-order valence-corrected chi connectivity index (χ3v) is 7.81. The number of esters is 1. The van der Waals surface area contributed by atoms with Crippen molar-refractivity contribution in [1.82, 2.24) is 0 Å². The van der Waals surface area contributed by atoms with Crippen LogP contribution in [0.5, 0.6) is 0 Å². The summed E-state index contributed by atoms with van der Waals surface area (Å²) in [5, 5.41) is 8.61. The number of morpholine rings is 1. The molecular formula is C27H28ClFN2O9S. The van der Waals surface area contributed by atoms with Gasteiger partial charge in [0.05, 0.1) is 47.5 Å². The standard InChI is InChI=1S/C27H28ClFN2O9S/c28-23-8-7-22(41-23)20(32)6-4-17-15-31(27(37)40-17)19-5-3-16(14-18(19)29)30-11-13-38-21(26(30)36)2-1-12-39-25(35)10-9-24(33)34/h3,5,7-8,14,17,21H,1-2,4,6,9-13,15H2,(H,33,34)/t17-,21?/m0/s1. The predicted molar refractivity (Wildman–Crippen MR) is 146 cm³/mol. The van der Waals surface area contributed by atoms with Gasteiger partial charge >= 0.3 is 18.0 Å². The first kappa shape index (κ1) is 30.4. The number of nitrogens with zero attached hydrogens (tertiary/aromatic N) is 2. The number of carboxylic acids is 1. The van der Waals surface area contributed by atoms with E-state index in [2.05, 4.69) is 0 Å². The lowest BCUT2D eigenvalue weighted by Gasteiger charge is -2.32. The molecule has 11 nitrogen and oxygen atoms in total. The molecule has 2 atom stereocenters. The quantitative estimate of drug-likeness (QED) is 0.198. The molecule has 2 aliphatic heterocycles. The van der Waals surface area contributed by atoms with Crippen molar-refractivity contribution in [2.24, 2.45) is 0 Å². The first-order valence-electron chi connectivity index (χ1n) is 13.0. The van der Waals surface area contributed by atoms with Crippen molar-refractivity contribution < 1.29 is 47.7 Å². The second-order valence-electron chi connectivity index (χ2n) is 9.42. The van der Waals surface area contributed by atoms with E-state index in [-0.39, 0.29) is 75.8 Å². The zero-order valence-electron chi connectivity index (χ0n) is 21.9. The second-order valence-corrected chi connectivity index (χ2v) is 11.1. The van der Waals surface area contributed by atoms with Gasteiger partial charge in [0, 0.05) is 18.7 Å². The minimum Gasteiger partial charge on any atom is -0.481 e. The number of hydrogen-bond acceptors (Lipinski definition) is 9. The van der Waals surface area contributed by atoms with Gasteiger partial charge in [-0.15, -0.1) is 11.3 Å². The number of benzene rings is 1. The van der Waals surface area contributed by atoms with Crippen LogP contribution in [0.2, 0.25) is 4.34 Å². The Morgan fingerprint density at radius 1 is 1.10 bits per heavy atom. The van der Waals surface area contributed by atoms with Gasteiger partial charge in [-0.25, -0.2) is 9.18 Å². The summed E-state index contributed by atoms with van der Waals surface area (Å²) in [6.07, 6.45) is -1.67. The number of ketones is 1. The summed E-state index contributed by atoms with van der Waals surface area (Å²) in [6, 6.07) is 7.39. The van der Waals surface area contributed by atoms with Crippen LogP contribution in [0.25, 0.3) is 0 Å². The smallest absolute Gasteiger partial charge is 0.414 e. The summed E-state index contributed by atoms with van der Waals surface area (Å²) in [5.41, 5.74) is 0.300. The summed E-state index contributed by atoms with van der Waals surface area (Å²) in [4.78, 5) is 62.9. The Kier molecular flexibility index (Phi) is 10.3. The fourth-order valence-electron chi connectivity index (χ4n) is 4.47. The summed E-state index contributed by atoms with van der Waals surface area (Å²) >= 11 is 7.06. The molecule has 1 unspecified atom stereocenters. The predicted octanol–water partition coefficient (Wildman–Crippen LogP) is 4.45. The van der Waals surface area contributed by atoms with Crippen molar-refractivity contribution >= 4 is 64.0 Å². The van der Waals surface area contributed by atoms with Gasteiger partial charge in [0.1, 0.15) is 18.0 Å². The van der Waals surface area contributed by atoms with Crippen molar-refractivity contribution in [2.75, 3.05) is 36.1 Å². The number of rotatable bonds is 13. The molecule has 3 heterocycles. The van der Waals surface area contributed by atoms with Crippen LogP contribution in [0.4, 0.5) is 20.6 Å². The zero-order valence-corrected chi connectivity index (χ0v) is 23.5. The molecule has 4 rings (SSSR count). The van der Waals surface area contributed by atoms with Gasteiger partial charge in [0.15, 0.2) is 5.78 Å². The number of carbonyl (C=O) groups is 5. The molecule has 1 aromatic heterocycles. The van der Waals surface area contributed by atoms with Crippen LogP contribution in [0.1, 0.15) is 48.2 Å². The van der Waals surface area contributed by atoms with E-state index in [1.807, 2.05) is 0 Å². The lowest BCUT2D eigenvalue weighted by molar-refractivity contribution is -0.148. The van der Waals surface area contributed by atoms with E-state index in [1.54, 1.807) is 12.1 Å². The van der Waals surface area contributed by atoms with Gasteiger partial charge in [0.25, 0.3) is 5.91 Å². The molecule has 0 radical (unpaired) electrons. The topological polar surface area (TPSA) is 140 Å². The van der Waals surface area contributed by atoms with E-state index in [1.165, 1.54) is 34.4 Å². The molecule has 0 bridgehead atoms. The highest BCUT2D eigenvalue weighted by Crippen LogP contribution is 2.31. The number of thiophene rings is 1. The highest BCUT2D eigenvalue weighted by atomic mass is 35.5. The fourth-order valence-corrected chi connectivity index (χ4v) is 5.48. The van der Waals surface area contributed by atoms with Crippen molar-refractivity contribution in [3.63, 3.8) is 0 Å². The lowest BCUT2D eigenvalue weighted by atomic mass is 10.1. The van der Waals surface area contributed by atoms with Gasteiger partial charge in [-0.1, -0.05) is 11.6 Å². The first-order valence-corrected chi connectivity index (χ1v) is 14.2. The number of carbonyl (C=O) groups excluding carboxylic acids is 4. The molecule has 2 aliphatic rings. The van der Waals surface area contributed by atoms with Crippen LogP contribution in [0, 0.1) is 5.82 Å². The Hall–Kier alpha value is -3.55. The van der Waals surface area contributed by atoms with Crippen LogP contribution in [0.3, 0.4) is 0 Å². The van der Waals surface area contributed by atoms with E-state index in [0.717, 1.165) is 4.90 Å². The number of cyclic esters (lactones) is 1. The molecule has 1 aromatic carbocycles. The van der Waals surface area contributed by atoms with Crippen LogP contribution in [0.15, 0.2) is 30.3 Å². The number of ether oxygens (including phenoxy) is 3. The highest BCUT2D eigenvalue weighted by Gasteiger charge is 2.35. The Labute approximate surface area is 243 Å². The molecular weight excluding hydrogens is 583 g/mol. The molecule has 2 fully saturated rings. The van der Waals surface area contributed by atoms with E-state index < -0.39 is 36.1 Å². The number of Topliss-reactive ketones (excluding diaryl/α,β-unsaturated/α-hetero) is 1. The van der Waals surface area contributed by atoms with Gasteiger partial charge in [0.2, 0.25) is 0 Å². The first-order chi connectivity index (χ1) is 19.6. The summed E-state index contributed by atoms with van der Waals surface area (Å²) in [6.45, 7) is 0.510. The van der Waals surface area contributed by atoms with Crippen molar-refractivity contribution in [1.29, 1.82) is 0 Å². The molecule has 0 saturated carbocycles. The zero-order chi connectivity index (χ0) is 29.5. The maximum Gasteiger partial charge on any atom is 0.414 e. The average Bonchev–Trinajstić information content (AvgIpc) is 3.54. The van der Waals surface area contributed by atoms with Gasteiger partial charge < -0.3 is 24.2 Å². The molecule has 2 amide bonds. The van der Waals surface area contributed by atoms with E-state index in [0.29, 0.717) is 21.3 Å². The molecule has 0 aliphatic carbocycles. The molecule has 41 heavy (non-hydrogen) atoms. The van der Waals surface area contributed by atoms with Crippen molar-refractivity contribution in [3.05, 3.63) is 45.4 Å². The number of aliphatic carboxylic acids is 1. The molecule has 1 N–H and O–H groups in total. The van der Waals surface area contributed by atoms with Gasteiger partial charge in [-0.05, 0) is 49.6 Å². The van der Waals surface area contributed by atoms with Crippen LogP contribution in [-0.4, -0.2) is 73.3 Å². The number of anilines is 2. The molecule has 2 aromatic rings. The highest BCUT2D eigenvalue weighted by molar-refractivity contribution is 7.18. The summed E-state index contributed by atoms with van der Waals surface area (Å²) < 4.78 is 31.6. The van der Waals surface area contributed by atoms with Crippen LogP contribution < -0.4 is 9.80 Å². The SMILES string of the molecule is O=C(O)CCC(=O)OCCCC1OCCN(c2ccc(N3C[C@H](CCC(=O)c4ccc(Cl)s4)OC3=O)c(F)c2)C1=O. The van der Waals surface area contributed by atoms with E-state index in [4.69, 9.17) is 30.9 Å². The van der Waals surface area contributed by atoms with Crippen LogP contribution in [-0.2, 0) is 28.6 Å². The third-order valence-electron chi connectivity index (χ3n) is 6.54. The minimum atomic E-state index is -1.10. The van der Waals surface area contributed by atoms with Gasteiger partial charge in [-0.3, -0.25) is 24.1 Å². The summed E-state index contributed by atoms with van der Waals surface area (Å²) in [7, 11) is 0. The molecule has 220 valence electrons. The maximum absolute atomic E-state index is 15.2. The van der Waals surface area contributed by atoms with E-state index in [9.17, 15) is 24.0 Å². The summed E-state index contributed by atoms with van der Waals surface area (Å²) in [5.74, 6) is -2.93. The number of halogens is 2. The normalized spacial score (nSPS) is 18.9. The number of amides is 2. The lowest BCUT2D eigenvalue weighted by Crippen LogP contribution is -2.48. The van der Waals surface area contributed by atoms with Crippen molar-refractivity contribution in [2.45, 2.75) is 50.7 Å². The Morgan fingerprint density at radius 2 is 1.90 bits per heavy atom. The Bertz CT molecular complexity index is 1320. The second kappa shape index (κ2) is 13.9. The third kappa shape index (κ3) is 8.02. The largest absolute Gasteiger partial charge is 0.481 e. The van der Waals surface area contributed by atoms with Gasteiger partial charge in [-0.2, -0.15) is 0 Å². The molecule has 0 spiro atoms. The Morgan fingerprint density at radius 3 is 2.61 bits per heavy atom. The molecule has 14 heteroatoms. The maximum atomic E-state index is 15.2.